The van der Waals surface area contributed by atoms with Gasteiger partial charge in [0.15, 0.2) is 0 Å². The number of ether oxygens (including phenoxy) is 1. The van der Waals surface area contributed by atoms with Crippen LogP contribution in [0.5, 0.6) is 0 Å². The molecule has 1 aliphatic heterocycles. The fourth-order valence-electron chi connectivity index (χ4n) is 2.59. The molecule has 0 bridgehead atoms. The first-order valence-corrected chi connectivity index (χ1v) is 7.62. The second kappa shape index (κ2) is 7.85. The monoisotopic (exact) mass is 340 g/mol. The molecule has 24 heavy (non-hydrogen) atoms. The summed E-state index contributed by atoms with van der Waals surface area (Å²) in [6, 6.07) is 1.75. The van der Waals surface area contributed by atoms with Crippen molar-refractivity contribution in [3.63, 3.8) is 0 Å². The van der Waals surface area contributed by atoms with Crippen molar-refractivity contribution in [2.45, 2.75) is 25.8 Å². The summed E-state index contributed by atoms with van der Waals surface area (Å²) in [6.45, 7) is 1.93. The third kappa shape index (κ3) is 4.27. The first-order chi connectivity index (χ1) is 11.4. The second-order valence-corrected chi connectivity index (χ2v) is 5.34. The van der Waals surface area contributed by atoms with Crippen LogP contribution in [0.3, 0.4) is 0 Å². The molecule has 0 radical (unpaired) electrons. The summed E-state index contributed by atoms with van der Waals surface area (Å²) < 4.78 is 31.1. The highest BCUT2D eigenvalue weighted by Gasteiger charge is 2.34. The lowest BCUT2D eigenvalue weighted by Gasteiger charge is -2.23. The van der Waals surface area contributed by atoms with Gasteiger partial charge in [-0.1, -0.05) is 0 Å². The molecule has 1 saturated heterocycles. The van der Waals surface area contributed by atoms with E-state index in [9.17, 15) is 23.2 Å². The zero-order valence-corrected chi connectivity index (χ0v) is 13.2. The van der Waals surface area contributed by atoms with Crippen molar-refractivity contribution in [1.29, 1.82) is 0 Å². The molecule has 1 fully saturated rings. The molecule has 1 aromatic rings. The number of carbonyl (C=O) groups is 3. The van der Waals surface area contributed by atoms with Gasteiger partial charge in [0.25, 0.3) is 5.91 Å². The van der Waals surface area contributed by atoms with Crippen LogP contribution in [0.15, 0.2) is 18.2 Å². The lowest BCUT2D eigenvalue weighted by molar-refractivity contribution is -0.152. The number of amides is 2. The van der Waals surface area contributed by atoms with Crippen LogP contribution in [0.1, 0.15) is 30.1 Å². The molecule has 1 aromatic carbocycles. The maximum absolute atomic E-state index is 13.1. The van der Waals surface area contributed by atoms with Crippen molar-refractivity contribution >= 4 is 17.8 Å². The van der Waals surface area contributed by atoms with Crippen molar-refractivity contribution in [1.82, 2.24) is 10.2 Å². The molecule has 130 valence electrons. The van der Waals surface area contributed by atoms with Crippen LogP contribution in [0.2, 0.25) is 0 Å². The zero-order chi connectivity index (χ0) is 17.7. The van der Waals surface area contributed by atoms with Crippen molar-refractivity contribution in [3.8, 4) is 0 Å². The number of nitrogens with zero attached hydrogens (tertiary/aromatic N) is 1. The van der Waals surface area contributed by atoms with E-state index in [2.05, 4.69) is 5.32 Å². The van der Waals surface area contributed by atoms with Crippen LogP contribution in [-0.4, -0.2) is 48.4 Å². The average Bonchev–Trinajstić information content (AvgIpc) is 3.01. The summed E-state index contributed by atoms with van der Waals surface area (Å²) in [4.78, 5) is 37.2. The highest BCUT2D eigenvalue weighted by atomic mass is 19.1. The minimum Gasteiger partial charge on any atom is -0.464 e. The minimum atomic E-state index is -0.881. The fourth-order valence-corrected chi connectivity index (χ4v) is 2.59. The van der Waals surface area contributed by atoms with Crippen LogP contribution < -0.4 is 5.32 Å². The first kappa shape index (κ1) is 17.8. The van der Waals surface area contributed by atoms with E-state index in [0.717, 1.165) is 12.1 Å². The summed E-state index contributed by atoms with van der Waals surface area (Å²) in [5, 5.41) is 2.31. The molecule has 8 heteroatoms. The third-order valence-corrected chi connectivity index (χ3v) is 3.66. The Labute approximate surface area is 137 Å². The molecule has 0 aliphatic carbocycles. The van der Waals surface area contributed by atoms with E-state index in [1.165, 1.54) is 4.90 Å². The number of hydrogen-bond acceptors (Lipinski definition) is 4. The Morgan fingerprint density at radius 2 is 1.92 bits per heavy atom. The Morgan fingerprint density at radius 3 is 2.54 bits per heavy atom. The predicted octanol–water partition coefficient (Wildman–Crippen LogP) is 1.25. The van der Waals surface area contributed by atoms with Crippen LogP contribution in [0.25, 0.3) is 0 Å². The Bertz CT molecular complexity index is 631. The van der Waals surface area contributed by atoms with Gasteiger partial charge in [0.1, 0.15) is 17.7 Å². The van der Waals surface area contributed by atoms with Crippen molar-refractivity contribution < 1.29 is 27.9 Å². The molecule has 1 atom stereocenters. The molecule has 1 N–H and O–H groups in total. The van der Waals surface area contributed by atoms with E-state index in [1.807, 2.05) is 0 Å². The third-order valence-electron chi connectivity index (χ3n) is 3.66. The smallest absolute Gasteiger partial charge is 0.328 e. The summed E-state index contributed by atoms with van der Waals surface area (Å²) in [5.41, 5.74) is -0.219. The van der Waals surface area contributed by atoms with Crippen molar-refractivity contribution in [2.24, 2.45) is 0 Å². The summed E-state index contributed by atoms with van der Waals surface area (Å²) >= 11 is 0. The molecule has 2 rings (SSSR count). The number of rotatable bonds is 5. The summed E-state index contributed by atoms with van der Waals surface area (Å²) in [6.07, 6.45) is 1.17. The zero-order valence-electron chi connectivity index (χ0n) is 13.2. The normalized spacial score (nSPS) is 16.8. The quantitative estimate of drug-likeness (QED) is 0.819. The fraction of sp³-hybridized carbons (Fsp3) is 0.438. The number of likely N-dealkylation sites (tertiary alicyclic amines) is 1. The summed E-state index contributed by atoms with van der Waals surface area (Å²) in [5.74, 6) is -3.45. The lowest BCUT2D eigenvalue weighted by atomic mass is 10.2. The van der Waals surface area contributed by atoms with Gasteiger partial charge in [-0.3, -0.25) is 9.59 Å². The van der Waals surface area contributed by atoms with Crippen molar-refractivity contribution in [2.75, 3.05) is 19.7 Å². The number of halogens is 2. The number of nitrogens with one attached hydrogen (secondary N) is 1. The van der Waals surface area contributed by atoms with E-state index in [-0.39, 0.29) is 18.7 Å². The van der Waals surface area contributed by atoms with Gasteiger partial charge >= 0.3 is 5.97 Å². The summed E-state index contributed by atoms with van der Waals surface area (Å²) in [7, 11) is 0. The Morgan fingerprint density at radius 1 is 1.25 bits per heavy atom. The second-order valence-electron chi connectivity index (χ2n) is 5.34. The highest BCUT2D eigenvalue weighted by Crippen LogP contribution is 2.18. The highest BCUT2D eigenvalue weighted by molar-refractivity contribution is 5.97. The van der Waals surface area contributed by atoms with Gasteiger partial charge in [-0.15, -0.1) is 0 Å². The van der Waals surface area contributed by atoms with Crippen LogP contribution >= 0.6 is 0 Å². The standard InChI is InChI=1S/C16H18F2N2O4/c1-2-24-16(23)13-4-3-5-20(13)14(21)9-19-15(22)10-6-11(17)8-12(18)7-10/h6-8,13H,2-5,9H2,1H3,(H,19,22)/t13-/m1/s1. The molecular weight excluding hydrogens is 322 g/mol. The maximum atomic E-state index is 13.1. The maximum Gasteiger partial charge on any atom is 0.328 e. The SMILES string of the molecule is CCOC(=O)[C@H]1CCCN1C(=O)CNC(=O)c1cc(F)cc(F)c1. The van der Waals surface area contributed by atoms with Gasteiger partial charge in [0.2, 0.25) is 5.91 Å². The largest absolute Gasteiger partial charge is 0.464 e. The Balaban J connectivity index is 1.94. The Kier molecular flexibility index (Phi) is 5.83. The van der Waals surface area contributed by atoms with E-state index in [0.29, 0.717) is 25.5 Å². The average molecular weight is 340 g/mol. The number of carbonyl (C=O) groups excluding carboxylic acids is 3. The number of benzene rings is 1. The van der Waals surface area contributed by atoms with Crippen LogP contribution in [0, 0.1) is 11.6 Å². The van der Waals surface area contributed by atoms with E-state index in [1.54, 1.807) is 6.92 Å². The molecule has 2 amide bonds. The molecule has 1 heterocycles. The van der Waals surface area contributed by atoms with Crippen LogP contribution in [-0.2, 0) is 14.3 Å². The number of hydrogen-bond donors (Lipinski definition) is 1. The van der Waals surface area contributed by atoms with Crippen molar-refractivity contribution in [3.05, 3.63) is 35.4 Å². The molecule has 1 aliphatic rings. The minimum absolute atomic E-state index is 0.219. The van der Waals surface area contributed by atoms with E-state index >= 15 is 0 Å². The van der Waals surface area contributed by atoms with E-state index < -0.39 is 35.5 Å². The van der Waals surface area contributed by atoms with Crippen LogP contribution in [0.4, 0.5) is 8.78 Å². The molecule has 0 aromatic heterocycles. The topological polar surface area (TPSA) is 75.7 Å². The van der Waals surface area contributed by atoms with Gasteiger partial charge in [0.05, 0.1) is 13.2 Å². The molecular formula is C16H18F2N2O4. The van der Waals surface area contributed by atoms with E-state index in [4.69, 9.17) is 4.74 Å². The van der Waals surface area contributed by atoms with Gasteiger partial charge in [-0.25, -0.2) is 13.6 Å². The van der Waals surface area contributed by atoms with Gasteiger partial charge < -0.3 is 15.0 Å². The Hall–Kier alpha value is -2.51. The molecule has 0 unspecified atom stereocenters. The first-order valence-electron chi connectivity index (χ1n) is 7.62. The number of esters is 1. The molecule has 0 saturated carbocycles. The lowest BCUT2D eigenvalue weighted by Crippen LogP contribution is -2.46. The van der Waals surface area contributed by atoms with Gasteiger partial charge in [-0.05, 0) is 31.9 Å². The predicted molar refractivity (Wildman–Crippen MR) is 80.1 cm³/mol. The molecule has 0 spiro atoms. The van der Waals surface area contributed by atoms with Gasteiger partial charge in [-0.2, -0.15) is 0 Å². The van der Waals surface area contributed by atoms with Gasteiger partial charge in [0, 0.05) is 18.2 Å². The molecule has 6 nitrogen and oxygen atoms in total.